The molecule has 1 saturated heterocycles. The van der Waals surface area contributed by atoms with Gasteiger partial charge in [-0.2, -0.15) is 5.26 Å². The molecule has 0 aliphatic carbocycles. The van der Waals surface area contributed by atoms with Crippen molar-refractivity contribution >= 4 is 23.4 Å². The van der Waals surface area contributed by atoms with Gasteiger partial charge in [0.1, 0.15) is 17.3 Å². The van der Waals surface area contributed by atoms with Crippen molar-refractivity contribution < 1.29 is 14.5 Å². The van der Waals surface area contributed by atoms with E-state index in [1.807, 2.05) is 4.90 Å². The van der Waals surface area contributed by atoms with Crippen molar-refractivity contribution in [2.45, 2.75) is 26.2 Å². The molecule has 0 unspecified atom stereocenters. The van der Waals surface area contributed by atoms with E-state index in [1.54, 1.807) is 25.1 Å². The minimum Gasteiger partial charge on any atom is -0.462 e. The van der Waals surface area contributed by atoms with Crippen LogP contribution in [-0.4, -0.2) is 30.6 Å². The SMILES string of the molecule is CCOC(=O)C(C#N)=Cc1ccc(N2CCCCC2)c([N+](=O)[O-])c1. The second kappa shape index (κ2) is 8.11. The van der Waals surface area contributed by atoms with Gasteiger partial charge in [-0.15, -0.1) is 0 Å². The Morgan fingerprint density at radius 1 is 1.42 bits per heavy atom. The first-order valence-corrected chi connectivity index (χ1v) is 7.89. The van der Waals surface area contributed by atoms with E-state index in [4.69, 9.17) is 10.00 Å². The molecular formula is C17H19N3O4. The second-order valence-corrected chi connectivity index (χ2v) is 5.44. The molecule has 0 atom stereocenters. The molecule has 0 bridgehead atoms. The molecule has 1 aromatic rings. The summed E-state index contributed by atoms with van der Waals surface area (Å²) in [4.78, 5) is 24.6. The summed E-state index contributed by atoms with van der Waals surface area (Å²) in [5, 5.41) is 20.5. The van der Waals surface area contributed by atoms with E-state index in [2.05, 4.69) is 0 Å². The lowest BCUT2D eigenvalue weighted by atomic mass is 10.1. The van der Waals surface area contributed by atoms with E-state index in [0.29, 0.717) is 11.3 Å². The van der Waals surface area contributed by atoms with Gasteiger partial charge in [0.05, 0.1) is 11.5 Å². The van der Waals surface area contributed by atoms with Crippen molar-refractivity contribution in [2.24, 2.45) is 0 Å². The topological polar surface area (TPSA) is 96.5 Å². The van der Waals surface area contributed by atoms with Gasteiger partial charge >= 0.3 is 5.97 Å². The number of nitrogens with zero attached hydrogens (tertiary/aromatic N) is 3. The Labute approximate surface area is 140 Å². The number of benzene rings is 1. The molecule has 0 aromatic heterocycles. The number of ether oxygens (including phenoxy) is 1. The Bertz CT molecular complexity index is 700. The number of nitro benzene ring substituents is 1. The van der Waals surface area contributed by atoms with Gasteiger partial charge in [-0.25, -0.2) is 4.79 Å². The van der Waals surface area contributed by atoms with Crippen LogP contribution in [0.15, 0.2) is 23.8 Å². The summed E-state index contributed by atoms with van der Waals surface area (Å²) in [6.45, 7) is 3.39. The number of hydrogen-bond donors (Lipinski definition) is 0. The van der Waals surface area contributed by atoms with Crippen LogP contribution in [-0.2, 0) is 9.53 Å². The van der Waals surface area contributed by atoms with Crippen LogP contribution in [0.1, 0.15) is 31.7 Å². The molecule has 0 saturated carbocycles. The highest BCUT2D eigenvalue weighted by Gasteiger charge is 2.21. The van der Waals surface area contributed by atoms with Crippen LogP contribution in [0.4, 0.5) is 11.4 Å². The number of carbonyl (C=O) groups excluding carboxylic acids is 1. The van der Waals surface area contributed by atoms with Gasteiger partial charge in [-0.05, 0) is 43.9 Å². The van der Waals surface area contributed by atoms with E-state index in [1.165, 1.54) is 12.1 Å². The summed E-state index contributed by atoms with van der Waals surface area (Å²) in [5.74, 6) is -0.734. The average molecular weight is 329 g/mol. The maximum Gasteiger partial charge on any atom is 0.348 e. The van der Waals surface area contributed by atoms with Crippen LogP contribution in [0, 0.1) is 21.4 Å². The van der Waals surface area contributed by atoms with Crippen molar-refractivity contribution in [3.8, 4) is 6.07 Å². The molecule has 1 fully saturated rings. The van der Waals surface area contributed by atoms with Crippen LogP contribution >= 0.6 is 0 Å². The number of rotatable bonds is 5. The monoisotopic (exact) mass is 329 g/mol. The van der Waals surface area contributed by atoms with Gasteiger partial charge in [0.15, 0.2) is 0 Å². The molecule has 126 valence electrons. The molecule has 24 heavy (non-hydrogen) atoms. The van der Waals surface area contributed by atoms with E-state index in [-0.39, 0.29) is 17.9 Å². The maximum absolute atomic E-state index is 11.7. The molecule has 7 heteroatoms. The van der Waals surface area contributed by atoms with Crippen molar-refractivity contribution in [1.82, 2.24) is 0 Å². The van der Waals surface area contributed by atoms with E-state index < -0.39 is 10.9 Å². The third-order valence-corrected chi connectivity index (χ3v) is 3.82. The number of anilines is 1. The summed E-state index contributed by atoms with van der Waals surface area (Å²) in [6, 6.07) is 6.51. The fourth-order valence-electron chi connectivity index (χ4n) is 2.69. The van der Waals surface area contributed by atoms with Gasteiger partial charge in [0.25, 0.3) is 5.69 Å². The highest BCUT2D eigenvalue weighted by molar-refractivity contribution is 5.98. The number of carbonyl (C=O) groups is 1. The van der Waals surface area contributed by atoms with Crippen LogP contribution in [0.5, 0.6) is 0 Å². The average Bonchev–Trinajstić information content (AvgIpc) is 2.60. The first-order valence-electron chi connectivity index (χ1n) is 7.89. The Morgan fingerprint density at radius 2 is 2.12 bits per heavy atom. The largest absolute Gasteiger partial charge is 0.462 e. The smallest absolute Gasteiger partial charge is 0.348 e. The summed E-state index contributed by atoms with van der Waals surface area (Å²) in [6.07, 6.45) is 4.47. The number of piperidine rings is 1. The molecular weight excluding hydrogens is 310 g/mol. The standard InChI is InChI=1S/C17H19N3O4/c1-2-24-17(21)14(12-18)10-13-6-7-15(16(11-13)20(22)23)19-8-4-3-5-9-19/h6-7,10-11H,2-5,8-9H2,1H3. The Morgan fingerprint density at radius 3 is 2.71 bits per heavy atom. The van der Waals surface area contributed by atoms with Gasteiger partial charge in [-0.1, -0.05) is 6.07 Å². The maximum atomic E-state index is 11.7. The quantitative estimate of drug-likeness (QED) is 0.271. The highest BCUT2D eigenvalue weighted by Crippen LogP contribution is 2.31. The Hall–Kier alpha value is -2.88. The minimum absolute atomic E-state index is 0.0215. The molecule has 7 nitrogen and oxygen atoms in total. The lowest BCUT2D eigenvalue weighted by molar-refractivity contribution is -0.384. The van der Waals surface area contributed by atoms with Crippen molar-refractivity contribution in [1.29, 1.82) is 5.26 Å². The van der Waals surface area contributed by atoms with Crippen LogP contribution in [0.2, 0.25) is 0 Å². The predicted octanol–water partition coefficient (Wildman–Crippen LogP) is 3.06. The van der Waals surface area contributed by atoms with Gasteiger partial charge in [-0.3, -0.25) is 10.1 Å². The summed E-state index contributed by atoms with van der Waals surface area (Å²) in [7, 11) is 0. The molecule has 1 aromatic carbocycles. The molecule has 0 radical (unpaired) electrons. The summed E-state index contributed by atoms with van der Waals surface area (Å²) >= 11 is 0. The van der Waals surface area contributed by atoms with Gasteiger partial charge < -0.3 is 9.64 Å². The number of nitro groups is 1. The fraction of sp³-hybridized carbons (Fsp3) is 0.412. The van der Waals surface area contributed by atoms with Crippen LogP contribution in [0.3, 0.4) is 0 Å². The van der Waals surface area contributed by atoms with Crippen LogP contribution in [0.25, 0.3) is 6.08 Å². The highest BCUT2D eigenvalue weighted by atomic mass is 16.6. The lowest BCUT2D eigenvalue weighted by Crippen LogP contribution is -2.29. The van der Waals surface area contributed by atoms with E-state index in [0.717, 1.165) is 32.4 Å². The zero-order chi connectivity index (χ0) is 17.5. The zero-order valence-corrected chi connectivity index (χ0v) is 13.5. The Kier molecular flexibility index (Phi) is 5.90. The fourth-order valence-corrected chi connectivity index (χ4v) is 2.69. The molecule has 0 amide bonds. The van der Waals surface area contributed by atoms with Crippen molar-refractivity contribution in [3.63, 3.8) is 0 Å². The molecule has 1 aliphatic rings. The lowest BCUT2D eigenvalue weighted by Gasteiger charge is -2.28. The van der Waals surface area contributed by atoms with Gasteiger partial charge in [0.2, 0.25) is 0 Å². The van der Waals surface area contributed by atoms with Gasteiger partial charge in [0, 0.05) is 19.2 Å². The number of hydrogen-bond acceptors (Lipinski definition) is 6. The molecule has 1 heterocycles. The molecule has 2 rings (SSSR count). The normalized spacial score (nSPS) is 14.8. The van der Waals surface area contributed by atoms with E-state index in [9.17, 15) is 14.9 Å². The summed E-state index contributed by atoms with van der Waals surface area (Å²) < 4.78 is 4.79. The molecule has 0 spiro atoms. The molecule has 1 aliphatic heterocycles. The molecule has 0 N–H and O–H groups in total. The summed E-state index contributed by atoms with van der Waals surface area (Å²) in [5.41, 5.74) is 0.794. The zero-order valence-electron chi connectivity index (χ0n) is 13.5. The third-order valence-electron chi connectivity index (χ3n) is 3.82. The minimum atomic E-state index is -0.734. The van der Waals surface area contributed by atoms with Crippen molar-refractivity contribution in [3.05, 3.63) is 39.4 Å². The first-order chi connectivity index (χ1) is 11.6. The third kappa shape index (κ3) is 4.10. The predicted molar refractivity (Wildman–Crippen MR) is 89.4 cm³/mol. The van der Waals surface area contributed by atoms with E-state index >= 15 is 0 Å². The van der Waals surface area contributed by atoms with Crippen LogP contribution < -0.4 is 4.90 Å². The number of esters is 1. The van der Waals surface area contributed by atoms with Crippen molar-refractivity contribution in [2.75, 3.05) is 24.6 Å². The first kappa shape index (κ1) is 17.5. The second-order valence-electron chi connectivity index (χ2n) is 5.44. The number of nitriles is 1. The Balaban J connectivity index is 2.36.